The molecule has 0 saturated carbocycles. The molecule has 112 valence electrons. The van der Waals surface area contributed by atoms with Gasteiger partial charge in [0, 0.05) is 17.1 Å². The van der Waals surface area contributed by atoms with Gasteiger partial charge in [0.25, 0.3) is 0 Å². The van der Waals surface area contributed by atoms with Gasteiger partial charge < -0.3 is 0 Å². The number of benzene rings is 2. The number of hydrogen-bond donors (Lipinski definition) is 0. The highest BCUT2D eigenvalue weighted by Gasteiger charge is 2.11. The second kappa shape index (κ2) is 5.92. The Kier molecular flexibility index (Phi) is 3.98. The van der Waals surface area contributed by atoms with Crippen LogP contribution < -0.4 is 0 Å². The van der Waals surface area contributed by atoms with E-state index in [9.17, 15) is 0 Å². The Morgan fingerprint density at radius 1 is 0.727 bits per heavy atom. The summed E-state index contributed by atoms with van der Waals surface area (Å²) in [5.41, 5.74) is 5.01. The van der Waals surface area contributed by atoms with Gasteiger partial charge in [0.1, 0.15) is 0 Å². The van der Waals surface area contributed by atoms with Crippen LogP contribution in [0.4, 0.5) is 0 Å². The number of rotatable bonds is 3. The van der Waals surface area contributed by atoms with Crippen LogP contribution in [0.25, 0.3) is 21.9 Å². The molecule has 0 N–H and O–H groups in total. The summed E-state index contributed by atoms with van der Waals surface area (Å²) in [5, 5.41) is 2.56. The Morgan fingerprint density at radius 2 is 1.36 bits per heavy atom. The first-order valence-electron chi connectivity index (χ1n) is 8.06. The molecule has 1 heterocycles. The lowest BCUT2D eigenvalue weighted by Gasteiger charge is -2.13. The molecular weight excluding hydrogens is 266 g/mol. The van der Waals surface area contributed by atoms with E-state index in [0.717, 1.165) is 0 Å². The largest absolute Gasteiger partial charge is 0.260 e. The molecule has 1 heteroatoms. The zero-order valence-corrected chi connectivity index (χ0v) is 13.8. The standard InChI is InChI=1S/C21H23N/c1-14(2)16-9-11-17(12-10-16)20-13-22-21(15(3)4)19-8-6-5-7-18(19)20/h5-15H,1-4H3. The number of hydrogen-bond acceptors (Lipinski definition) is 1. The molecule has 0 amide bonds. The van der Waals surface area contributed by atoms with Crippen molar-refractivity contribution in [3.63, 3.8) is 0 Å². The molecule has 0 aliphatic rings. The van der Waals surface area contributed by atoms with Crippen molar-refractivity contribution in [3.05, 3.63) is 66.0 Å². The van der Waals surface area contributed by atoms with Crippen molar-refractivity contribution in [2.75, 3.05) is 0 Å². The number of nitrogens with zero attached hydrogens (tertiary/aromatic N) is 1. The zero-order valence-electron chi connectivity index (χ0n) is 13.8. The van der Waals surface area contributed by atoms with Crippen LogP contribution >= 0.6 is 0 Å². The second-order valence-electron chi connectivity index (χ2n) is 6.53. The lowest BCUT2D eigenvalue weighted by atomic mass is 9.94. The van der Waals surface area contributed by atoms with Gasteiger partial charge in [0.15, 0.2) is 0 Å². The fourth-order valence-electron chi connectivity index (χ4n) is 2.95. The van der Waals surface area contributed by atoms with Crippen LogP contribution in [0, 0.1) is 0 Å². The highest BCUT2D eigenvalue weighted by molar-refractivity contribution is 5.97. The lowest BCUT2D eigenvalue weighted by molar-refractivity contribution is 0.835. The average Bonchev–Trinajstić information content (AvgIpc) is 2.53. The fraction of sp³-hybridized carbons (Fsp3) is 0.286. The van der Waals surface area contributed by atoms with E-state index in [-0.39, 0.29) is 0 Å². The Balaban J connectivity index is 2.17. The molecule has 0 aliphatic carbocycles. The maximum atomic E-state index is 4.74. The van der Waals surface area contributed by atoms with Gasteiger partial charge in [-0.1, -0.05) is 76.2 Å². The van der Waals surface area contributed by atoms with Gasteiger partial charge in [-0.2, -0.15) is 0 Å². The van der Waals surface area contributed by atoms with Gasteiger partial charge in [-0.3, -0.25) is 4.98 Å². The van der Waals surface area contributed by atoms with E-state index >= 15 is 0 Å². The van der Waals surface area contributed by atoms with Gasteiger partial charge in [-0.05, 0) is 28.3 Å². The summed E-state index contributed by atoms with van der Waals surface area (Å²) in [7, 11) is 0. The first-order valence-corrected chi connectivity index (χ1v) is 8.06. The van der Waals surface area contributed by atoms with Crippen LogP contribution in [0.15, 0.2) is 54.7 Å². The first-order chi connectivity index (χ1) is 10.6. The Hall–Kier alpha value is -2.15. The fourth-order valence-corrected chi connectivity index (χ4v) is 2.95. The monoisotopic (exact) mass is 289 g/mol. The minimum absolute atomic E-state index is 0.433. The van der Waals surface area contributed by atoms with E-state index < -0.39 is 0 Å². The molecule has 0 fully saturated rings. The van der Waals surface area contributed by atoms with Crippen molar-refractivity contribution < 1.29 is 0 Å². The second-order valence-corrected chi connectivity index (χ2v) is 6.53. The van der Waals surface area contributed by atoms with E-state index in [0.29, 0.717) is 11.8 Å². The third kappa shape index (κ3) is 2.64. The molecule has 2 aromatic carbocycles. The molecule has 0 spiro atoms. The van der Waals surface area contributed by atoms with E-state index in [1.165, 1.54) is 33.2 Å². The van der Waals surface area contributed by atoms with Crippen molar-refractivity contribution in [1.29, 1.82) is 0 Å². The summed E-state index contributed by atoms with van der Waals surface area (Å²) < 4.78 is 0. The van der Waals surface area contributed by atoms with Crippen LogP contribution in [-0.4, -0.2) is 4.98 Å². The molecule has 0 bridgehead atoms. The maximum Gasteiger partial charge on any atom is 0.0507 e. The summed E-state index contributed by atoms with van der Waals surface area (Å²) in [5.74, 6) is 0.995. The molecule has 0 radical (unpaired) electrons. The van der Waals surface area contributed by atoms with Crippen molar-refractivity contribution in [3.8, 4) is 11.1 Å². The average molecular weight is 289 g/mol. The van der Waals surface area contributed by atoms with E-state index in [4.69, 9.17) is 4.98 Å². The summed E-state index contributed by atoms with van der Waals surface area (Å²) >= 11 is 0. The van der Waals surface area contributed by atoms with Crippen molar-refractivity contribution in [1.82, 2.24) is 4.98 Å². The summed E-state index contributed by atoms with van der Waals surface area (Å²) in [6, 6.07) is 17.5. The van der Waals surface area contributed by atoms with Crippen molar-refractivity contribution in [2.24, 2.45) is 0 Å². The van der Waals surface area contributed by atoms with Crippen molar-refractivity contribution >= 4 is 10.8 Å². The summed E-state index contributed by atoms with van der Waals surface area (Å²) in [6.45, 7) is 8.85. The summed E-state index contributed by atoms with van der Waals surface area (Å²) in [4.78, 5) is 4.74. The molecule has 1 nitrogen and oxygen atoms in total. The first kappa shape index (κ1) is 14.8. The quantitative estimate of drug-likeness (QED) is 0.563. The molecule has 3 rings (SSSR count). The van der Waals surface area contributed by atoms with E-state index in [1.807, 2.05) is 6.20 Å². The Bertz CT molecular complexity index is 783. The minimum Gasteiger partial charge on any atom is -0.260 e. The number of fused-ring (bicyclic) bond motifs is 1. The predicted molar refractivity (Wildman–Crippen MR) is 95.4 cm³/mol. The van der Waals surface area contributed by atoms with Crippen LogP contribution in [0.1, 0.15) is 50.8 Å². The zero-order chi connectivity index (χ0) is 15.7. The number of aromatic nitrogens is 1. The minimum atomic E-state index is 0.433. The van der Waals surface area contributed by atoms with Crippen LogP contribution in [-0.2, 0) is 0 Å². The van der Waals surface area contributed by atoms with Gasteiger partial charge in [-0.15, -0.1) is 0 Å². The van der Waals surface area contributed by atoms with E-state index in [1.54, 1.807) is 0 Å². The third-order valence-corrected chi connectivity index (χ3v) is 4.26. The summed E-state index contributed by atoms with van der Waals surface area (Å²) in [6.07, 6.45) is 2.03. The Morgan fingerprint density at radius 3 is 1.95 bits per heavy atom. The highest BCUT2D eigenvalue weighted by atomic mass is 14.7. The maximum absolute atomic E-state index is 4.74. The van der Waals surface area contributed by atoms with Gasteiger partial charge in [0.2, 0.25) is 0 Å². The highest BCUT2D eigenvalue weighted by Crippen LogP contribution is 2.32. The molecule has 3 aromatic rings. The van der Waals surface area contributed by atoms with Crippen molar-refractivity contribution in [2.45, 2.75) is 39.5 Å². The molecule has 0 aliphatic heterocycles. The van der Waals surface area contributed by atoms with E-state index in [2.05, 4.69) is 76.2 Å². The molecule has 22 heavy (non-hydrogen) atoms. The molecular formula is C21H23N. The molecule has 1 aromatic heterocycles. The molecule has 0 atom stereocenters. The Labute approximate surface area is 133 Å². The predicted octanol–water partition coefficient (Wildman–Crippen LogP) is 6.15. The van der Waals surface area contributed by atoms with Crippen LogP contribution in [0.5, 0.6) is 0 Å². The third-order valence-electron chi connectivity index (χ3n) is 4.26. The van der Waals surface area contributed by atoms with Gasteiger partial charge in [0.05, 0.1) is 5.69 Å². The topological polar surface area (TPSA) is 12.9 Å². The molecule has 0 saturated heterocycles. The van der Waals surface area contributed by atoms with Gasteiger partial charge >= 0.3 is 0 Å². The normalized spacial score (nSPS) is 11.5. The SMILES string of the molecule is CC(C)c1ccc(-c2cnc(C(C)C)c3ccccc23)cc1. The van der Waals surface area contributed by atoms with Gasteiger partial charge in [-0.25, -0.2) is 0 Å². The van der Waals surface area contributed by atoms with Crippen LogP contribution in [0.2, 0.25) is 0 Å². The smallest absolute Gasteiger partial charge is 0.0507 e. The van der Waals surface area contributed by atoms with Crippen LogP contribution in [0.3, 0.4) is 0 Å². The number of pyridine rings is 1. The lowest BCUT2D eigenvalue weighted by Crippen LogP contribution is -1.96. The molecule has 0 unspecified atom stereocenters.